The number of rotatable bonds is 6. The Morgan fingerprint density at radius 2 is 1.91 bits per heavy atom. The fraction of sp³-hybridized carbons (Fsp3) is 0.625. The Kier molecular flexibility index (Phi) is 5.79. The SMILES string of the molecule is CC(C)CC[C@@H](c1cc(O)c(O)c([N+](=O)[O-])c1)N1CCNCC1. The van der Waals surface area contributed by atoms with E-state index in [9.17, 15) is 20.3 Å². The molecule has 0 aromatic heterocycles. The lowest BCUT2D eigenvalue weighted by Crippen LogP contribution is -2.45. The predicted molar refractivity (Wildman–Crippen MR) is 87.7 cm³/mol. The smallest absolute Gasteiger partial charge is 0.314 e. The molecule has 3 N–H and O–H groups in total. The number of nitrogens with one attached hydrogen (secondary N) is 1. The van der Waals surface area contributed by atoms with Crippen molar-refractivity contribution in [3.63, 3.8) is 0 Å². The maximum absolute atomic E-state index is 11.1. The number of aromatic hydroxyl groups is 2. The molecule has 23 heavy (non-hydrogen) atoms. The Bertz CT molecular complexity index is 557. The van der Waals surface area contributed by atoms with E-state index in [2.05, 4.69) is 24.1 Å². The molecule has 0 unspecified atom stereocenters. The molecule has 0 saturated carbocycles. The molecule has 0 amide bonds. The average Bonchev–Trinajstić information content (AvgIpc) is 2.51. The second-order valence-electron chi connectivity index (χ2n) is 6.44. The molecule has 128 valence electrons. The van der Waals surface area contributed by atoms with Crippen molar-refractivity contribution in [2.24, 2.45) is 5.92 Å². The molecule has 1 aromatic rings. The standard InChI is InChI=1S/C16H25N3O4/c1-11(2)3-4-13(18-7-5-17-6-8-18)12-9-14(19(22)23)16(21)15(20)10-12/h9-11,13,17,20-21H,3-8H2,1-2H3/t13-/m0/s1. The van der Waals surface area contributed by atoms with Gasteiger partial charge in [-0.2, -0.15) is 0 Å². The monoisotopic (exact) mass is 323 g/mol. The second-order valence-corrected chi connectivity index (χ2v) is 6.44. The summed E-state index contributed by atoms with van der Waals surface area (Å²) in [7, 11) is 0. The zero-order chi connectivity index (χ0) is 17.0. The minimum absolute atomic E-state index is 0.00435. The maximum Gasteiger partial charge on any atom is 0.314 e. The molecule has 7 heteroatoms. The lowest BCUT2D eigenvalue weighted by molar-refractivity contribution is -0.386. The van der Waals surface area contributed by atoms with Crippen molar-refractivity contribution in [3.05, 3.63) is 27.8 Å². The van der Waals surface area contributed by atoms with Gasteiger partial charge in [0, 0.05) is 38.3 Å². The quantitative estimate of drug-likeness (QED) is 0.422. The zero-order valence-corrected chi connectivity index (χ0v) is 13.7. The average molecular weight is 323 g/mol. The molecule has 0 bridgehead atoms. The number of phenolic OH excluding ortho intramolecular Hbond substituents is 2. The molecule has 7 nitrogen and oxygen atoms in total. The summed E-state index contributed by atoms with van der Waals surface area (Å²) in [6.45, 7) is 7.77. The fourth-order valence-corrected chi connectivity index (χ4v) is 3.00. The molecule has 1 aliphatic heterocycles. The van der Waals surface area contributed by atoms with Crippen molar-refractivity contribution in [2.45, 2.75) is 32.7 Å². The largest absolute Gasteiger partial charge is 0.504 e. The van der Waals surface area contributed by atoms with Gasteiger partial charge in [0.05, 0.1) is 4.92 Å². The lowest BCUT2D eigenvalue weighted by Gasteiger charge is -2.35. The van der Waals surface area contributed by atoms with Crippen LogP contribution in [0.4, 0.5) is 5.69 Å². The van der Waals surface area contributed by atoms with Crippen LogP contribution < -0.4 is 5.32 Å². The van der Waals surface area contributed by atoms with Crippen molar-refractivity contribution in [3.8, 4) is 11.5 Å². The minimum Gasteiger partial charge on any atom is -0.504 e. The number of piperazine rings is 1. The van der Waals surface area contributed by atoms with Crippen LogP contribution >= 0.6 is 0 Å². The molecule has 1 heterocycles. The molecule has 1 fully saturated rings. The number of nitro benzene ring substituents is 1. The summed E-state index contributed by atoms with van der Waals surface area (Å²) in [4.78, 5) is 12.7. The summed E-state index contributed by atoms with van der Waals surface area (Å²) in [6.07, 6.45) is 1.85. The van der Waals surface area contributed by atoms with Crippen LogP contribution in [0.25, 0.3) is 0 Å². The molecule has 0 spiro atoms. The molecular weight excluding hydrogens is 298 g/mol. The maximum atomic E-state index is 11.1. The van der Waals surface area contributed by atoms with Crippen molar-refractivity contribution in [1.82, 2.24) is 10.2 Å². The first-order valence-corrected chi connectivity index (χ1v) is 8.05. The molecular formula is C16H25N3O4. The molecule has 2 rings (SSSR count). The van der Waals surface area contributed by atoms with E-state index < -0.39 is 22.1 Å². The third-order valence-corrected chi connectivity index (χ3v) is 4.28. The van der Waals surface area contributed by atoms with E-state index in [1.165, 1.54) is 12.1 Å². The third-order valence-electron chi connectivity index (χ3n) is 4.28. The topological polar surface area (TPSA) is 98.9 Å². The van der Waals surface area contributed by atoms with Gasteiger partial charge in [0.1, 0.15) is 0 Å². The number of hydrogen-bond acceptors (Lipinski definition) is 6. The fourth-order valence-electron chi connectivity index (χ4n) is 3.00. The number of nitro groups is 1. The van der Waals surface area contributed by atoms with E-state index in [4.69, 9.17) is 0 Å². The van der Waals surface area contributed by atoms with E-state index in [-0.39, 0.29) is 6.04 Å². The predicted octanol–water partition coefficient (Wildman–Crippen LogP) is 2.39. The number of hydrogen-bond donors (Lipinski definition) is 3. The van der Waals surface area contributed by atoms with Crippen molar-refractivity contribution in [1.29, 1.82) is 0 Å². The van der Waals surface area contributed by atoms with Gasteiger partial charge in [0.2, 0.25) is 5.75 Å². The highest BCUT2D eigenvalue weighted by Crippen LogP contribution is 2.40. The van der Waals surface area contributed by atoms with E-state index in [1.54, 1.807) is 0 Å². The van der Waals surface area contributed by atoms with E-state index in [0.717, 1.165) is 39.0 Å². The first-order valence-electron chi connectivity index (χ1n) is 8.05. The van der Waals surface area contributed by atoms with E-state index in [0.29, 0.717) is 11.5 Å². The van der Waals surface area contributed by atoms with Gasteiger partial charge >= 0.3 is 5.69 Å². The van der Waals surface area contributed by atoms with Crippen LogP contribution in [0.2, 0.25) is 0 Å². The van der Waals surface area contributed by atoms with Crippen molar-refractivity contribution in [2.75, 3.05) is 26.2 Å². The molecule has 0 aliphatic carbocycles. The van der Waals surface area contributed by atoms with E-state index >= 15 is 0 Å². The highest BCUT2D eigenvalue weighted by Gasteiger charge is 2.27. The molecule has 0 radical (unpaired) electrons. The van der Waals surface area contributed by atoms with Crippen LogP contribution in [0, 0.1) is 16.0 Å². The molecule has 1 aromatic carbocycles. The zero-order valence-electron chi connectivity index (χ0n) is 13.7. The first kappa shape index (κ1) is 17.5. The summed E-state index contributed by atoms with van der Waals surface area (Å²) in [5.74, 6) is -0.568. The van der Waals surface area contributed by atoms with E-state index in [1.807, 2.05) is 0 Å². The lowest BCUT2D eigenvalue weighted by atomic mass is 9.95. The Balaban J connectivity index is 2.35. The van der Waals surface area contributed by atoms with Crippen LogP contribution in [0.5, 0.6) is 11.5 Å². The minimum atomic E-state index is -0.665. The van der Waals surface area contributed by atoms with Gasteiger partial charge in [-0.15, -0.1) is 0 Å². The highest BCUT2D eigenvalue weighted by molar-refractivity contribution is 5.57. The van der Waals surface area contributed by atoms with Crippen LogP contribution in [-0.2, 0) is 0 Å². The van der Waals surface area contributed by atoms with Gasteiger partial charge in [-0.1, -0.05) is 13.8 Å². The molecule has 1 saturated heterocycles. The van der Waals surface area contributed by atoms with Crippen LogP contribution in [0.3, 0.4) is 0 Å². The Morgan fingerprint density at radius 1 is 1.26 bits per heavy atom. The molecule has 1 aliphatic rings. The summed E-state index contributed by atoms with van der Waals surface area (Å²) in [6, 6.07) is 2.85. The van der Waals surface area contributed by atoms with Gasteiger partial charge in [0.25, 0.3) is 0 Å². The summed E-state index contributed by atoms with van der Waals surface area (Å²) < 4.78 is 0. The summed E-state index contributed by atoms with van der Waals surface area (Å²) >= 11 is 0. The van der Waals surface area contributed by atoms with Gasteiger partial charge in [-0.3, -0.25) is 15.0 Å². The summed E-state index contributed by atoms with van der Waals surface area (Å²) in [5.41, 5.74) is 0.249. The number of phenols is 2. The Labute approximate surface area is 136 Å². The van der Waals surface area contributed by atoms with Gasteiger partial charge < -0.3 is 15.5 Å². The van der Waals surface area contributed by atoms with Crippen molar-refractivity contribution >= 4 is 5.69 Å². The number of benzene rings is 1. The molecule has 1 atom stereocenters. The Hall–Kier alpha value is -1.86. The van der Waals surface area contributed by atoms with Crippen molar-refractivity contribution < 1.29 is 15.1 Å². The van der Waals surface area contributed by atoms with Gasteiger partial charge in [-0.25, -0.2) is 0 Å². The van der Waals surface area contributed by atoms with Crippen LogP contribution in [0.15, 0.2) is 12.1 Å². The normalized spacial score (nSPS) is 17.3. The van der Waals surface area contributed by atoms with Gasteiger partial charge in [0.15, 0.2) is 5.75 Å². The first-order chi connectivity index (χ1) is 10.9. The highest BCUT2D eigenvalue weighted by atomic mass is 16.6. The van der Waals surface area contributed by atoms with Crippen LogP contribution in [0.1, 0.15) is 38.3 Å². The van der Waals surface area contributed by atoms with Crippen LogP contribution in [-0.4, -0.2) is 46.2 Å². The second kappa shape index (κ2) is 7.61. The number of nitrogens with zero attached hydrogens (tertiary/aromatic N) is 2. The summed E-state index contributed by atoms with van der Waals surface area (Å²) in [5, 5.41) is 34.0. The Morgan fingerprint density at radius 3 is 2.48 bits per heavy atom. The van der Waals surface area contributed by atoms with Gasteiger partial charge in [-0.05, 0) is 30.4 Å². The third kappa shape index (κ3) is 4.33.